The largest absolute Gasteiger partial charge is 0.491 e. The van der Waals surface area contributed by atoms with Gasteiger partial charge in [0.25, 0.3) is 0 Å². The van der Waals surface area contributed by atoms with Crippen molar-refractivity contribution < 1.29 is 14.3 Å². The highest BCUT2D eigenvalue weighted by Crippen LogP contribution is 2.40. The standard InChI is InChI=1S/C23H24N2O3S/c24-16-23(8-10-29-11-9-23)19-7-6-18-12-20(15-27-21(18)13-19)25-22(26)28-14-17-4-2-1-3-5-17/h1-7,13,20H,8-12,14-15H2,(H,25,26)/t20-/m1/s1. The Morgan fingerprint density at radius 2 is 2.03 bits per heavy atom. The van der Waals surface area contributed by atoms with Gasteiger partial charge in [-0.1, -0.05) is 42.5 Å². The van der Waals surface area contributed by atoms with Crippen molar-refractivity contribution in [1.82, 2.24) is 5.32 Å². The molecular formula is C23H24N2O3S. The molecule has 0 radical (unpaired) electrons. The first-order valence-electron chi connectivity index (χ1n) is 9.91. The lowest BCUT2D eigenvalue weighted by molar-refractivity contribution is 0.128. The van der Waals surface area contributed by atoms with Gasteiger partial charge in [0.2, 0.25) is 0 Å². The van der Waals surface area contributed by atoms with Crippen LogP contribution >= 0.6 is 11.8 Å². The molecule has 0 spiro atoms. The number of rotatable bonds is 4. The second kappa shape index (κ2) is 8.79. The lowest BCUT2D eigenvalue weighted by Gasteiger charge is -2.32. The SMILES string of the molecule is N#CC1(c2ccc3c(c2)OC[C@H](NC(=O)OCc2ccccc2)C3)CCSCC1. The number of fused-ring (bicyclic) bond motifs is 1. The second-order valence-electron chi connectivity index (χ2n) is 7.55. The second-order valence-corrected chi connectivity index (χ2v) is 8.77. The maximum Gasteiger partial charge on any atom is 0.407 e. The average Bonchev–Trinajstić information content (AvgIpc) is 2.78. The van der Waals surface area contributed by atoms with Crippen molar-refractivity contribution in [3.05, 3.63) is 65.2 Å². The number of carbonyl (C=O) groups is 1. The number of ether oxygens (including phenoxy) is 2. The molecule has 2 aromatic rings. The number of nitrogens with one attached hydrogen (secondary N) is 1. The van der Waals surface area contributed by atoms with E-state index in [0.29, 0.717) is 13.0 Å². The summed E-state index contributed by atoms with van der Waals surface area (Å²) in [7, 11) is 0. The van der Waals surface area contributed by atoms with Crippen LogP contribution in [0.5, 0.6) is 5.75 Å². The summed E-state index contributed by atoms with van der Waals surface area (Å²) in [6.07, 6.45) is 2.01. The van der Waals surface area contributed by atoms with Gasteiger partial charge < -0.3 is 14.8 Å². The summed E-state index contributed by atoms with van der Waals surface area (Å²) < 4.78 is 11.2. The Bertz CT molecular complexity index is 904. The summed E-state index contributed by atoms with van der Waals surface area (Å²) in [5, 5.41) is 12.7. The van der Waals surface area contributed by atoms with Crippen LogP contribution in [-0.2, 0) is 23.2 Å². The zero-order valence-electron chi connectivity index (χ0n) is 16.2. The smallest absolute Gasteiger partial charge is 0.407 e. The van der Waals surface area contributed by atoms with Crippen molar-refractivity contribution in [1.29, 1.82) is 5.26 Å². The van der Waals surface area contributed by atoms with Crippen molar-refractivity contribution in [2.45, 2.75) is 37.3 Å². The Balaban J connectivity index is 1.36. The van der Waals surface area contributed by atoms with E-state index in [1.165, 1.54) is 0 Å². The molecule has 2 aliphatic rings. The van der Waals surface area contributed by atoms with E-state index in [-0.39, 0.29) is 12.6 Å². The molecule has 2 aliphatic heterocycles. The van der Waals surface area contributed by atoms with E-state index in [1.807, 2.05) is 54.2 Å². The van der Waals surface area contributed by atoms with Crippen LogP contribution in [0.15, 0.2) is 48.5 Å². The maximum atomic E-state index is 12.1. The van der Waals surface area contributed by atoms with Gasteiger partial charge in [0.1, 0.15) is 19.0 Å². The van der Waals surface area contributed by atoms with Gasteiger partial charge in [-0.3, -0.25) is 0 Å². The zero-order chi connectivity index (χ0) is 20.1. The Hall–Kier alpha value is -2.65. The molecule has 29 heavy (non-hydrogen) atoms. The fourth-order valence-corrected chi connectivity index (χ4v) is 5.07. The minimum atomic E-state index is -0.439. The minimum absolute atomic E-state index is 0.132. The fraction of sp³-hybridized carbons (Fsp3) is 0.391. The molecule has 6 heteroatoms. The maximum absolute atomic E-state index is 12.1. The molecular weight excluding hydrogens is 384 g/mol. The van der Waals surface area contributed by atoms with Crippen molar-refractivity contribution in [2.75, 3.05) is 18.1 Å². The number of amides is 1. The minimum Gasteiger partial charge on any atom is -0.491 e. The van der Waals surface area contributed by atoms with Crippen LogP contribution in [0.2, 0.25) is 0 Å². The normalized spacial score (nSPS) is 19.9. The third-order valence-corrected chi connectivity index (χ3v) is 6.61. The molecule has 0 aliphatic carbocycles. The Morgan fingerprint density at radius 3 is 2.79 bits per heavy atom. The predicted molar refractivity (Wildman–Crippen MR) is 113 cm³/mol. The van der Waals surface area contributed by atoms with Crippen LogP contribution in [0.3, 0.4) is 0 Å². The number of alkyl carbamates (subject to hydrolysis) is 1. The van der Waals surface area contributed by atoms with Gasteiger partial charge >= 0.3 is 6.09 Å². The fourth-order valence-electron chi connectivity index (χ4n) is 3.88. The van der Waals surface area contributed by atoms with Gasteiger partial charge in [-0.05, 0) is 53.5 Å². The summed E-state index contributed by atoms with van der Waals surface area (Å²) in [6, 6.07) is 18.1. The molecule has 150 valence electrons. The molecule has 4 rings (SSSR count). The van der Waals surface area contributed by atoms with Crippen LogP contribution in [0.25, 0.3) is 0 Å². The first kappa shape index (κ1) is 19.7. The molecule has 0 bridgehead atoms. The van der Waals surface area contributed by atoms with Gasteiger partial charge in [0.15, 0.2) is 0 Å². The van der Waals surface area contributed by atoms with Gasteiger partial charge in [0.05, 0.1) is 17.5 Å². The summed E-state index contributed by atoms with van der Waals surface area (Å²) >= 11 is 1.91. The first-order chi connectivity index (χ1) is 14.2. The summed E-state index contributed by atoms with van der Waals surface area (Å²) in [5.41, 5.74) is 2.65. The van der Waals surface area contributed by atoms with Crippen LogP contribution in [0, 0.1) is 11.3 Å². The third kappa shape index (κ3) is 4.51. The van der Waals surface area contributed by atoms with Crippen molar-refractivity contribution in [3.8, 4) is 11.8 Å². The van der Waals surface area contributed by atoms with E-state index < -0.39 is 11.5 Å². The quantitative estimate of drug-likeness (QED) is 0.821. The lowest BCUT2D eigenvalue weighted by atomic mass is 9.76. The van der Waals surface area contributed by atoms with E-state index in [4.69, 9.17) is 9.47 Å². The van der Waals surface area contributed by atoms with E-state index >= 15 is 0 Å². The average molecular weight is 409 g/mol. The molecule has 0 saturated carbocycles. The molecule has 1 amide bonds. The third-order valence-electron chi connectivity index (χ3n) is 5.62. The van der Waals surface area contributed by atoms with E-state index in [9.17, 15) is 10.1 Å². The van der Waals surface area contributed by atoms with Gasteiger partial charge in [-0.2, -0.15) is 17.0 Å². The molecule has 5 nitrogen and oxygen atoms in total. The number of benzene rings is 2. The number of nitriles is 1. The Kier molecular flexibility index (Phi) is 5.96. The van der Waals surface area contributed by atoms with Crippen LogP contribution in [0.1, 0.15) is 29.5 Å². The number of hydrogen-bond donors (Lipinski definition) is 1. The van der Waals surface area contributed by atoms with Gasteiger partial charge in [0, 0.05) is 0 Å². The molecule has 1 atom stereocenters. The van der Waals surface area contributed by atoms with Crippen molar-refractivity contribution in [2.24, 2.45) is 0 Å². The Labute approximate surface area is 175 Å². The van der Waals surface area contributed by atoms with Gasteiger partial charge in [-0.25, -0.2) is 4.79 Å². The lowest BCUT2D eigenvalue weighted by Crippen LogP contribution is -2.43. The highest BCUT2D eigenvalue weighted by molar-refractivity contribution is 7.99. The summed E-state index contributed by atoms with van der Waals surface area (Å²) in [6.45, 7) is 0.640. The number of nitrogens with zero attached hydrogens (tertiary/aromatic N) is 1. The van der Waals surface area contributed by atoms with Gasteiger partial charge in [-0.15, -0.1) is 0 Å². The zero-order valence-corrected chi connectivity index (χ0v) is 17.0. The Morgan fingerprint density at radius 1 is 1.24 bits per heavy atom. The van der Waals surface area contributed by atoms with Crippen LogP contribution in [0.4, 0.5) is 4.79 Å². The van der Waals surface area contributed by atoms with Crippen LogP contribution in [-0.4, -0.2) is 30.2 Å². The molecule has 1 saturated heterocycles. The summed E-state index contributed by atoms with van der Waals surface area (Å²) in [4.78, 5) is 12.1. The molecule has 2 aromatic carbocycles. The monoisotopic (exact) mass is 408 g/mol. The molecule has 2 heterocycles. The number of hydrogen-bond acceptors (Lipinski definition) is 5. The van der Waals surface area contributed by atoms with E-state index in [2.05, 4.69) is 17.5 Å². The topological polar surface area (TPSA) is 71.3 Å². The summed E-state index contributed by atoms with van der Waals surface area (Å²) in [5.74, 6) is 2.86. The molecule has 0 unspecified atom stereocenters. The van der Waals surface area contributed by atoms with E-state index in [0.717, 1.165) is 46.8 Å². The van der Waals surface area contributed by atoms with Crippen LogP contribution < -0.4 is 10.1 Å². The predicted octanol–water partition coefficient (Wildman–Crippen LogP) is 4.20. The molecule has 0 aromatic heterocycles. The molecule has 1 N–H and O–H groups in total. The highest BCUT2D eigenvalue weighted by atomic mass is 32.2. The molecule has 1 fully saturated rings. The number of thioether (sulfide) groups is 1. The van der Waals surface area contributed by atoms with Crippen molar-refractivity contribution >= 4 is 17.9 Å². The highest BCUT2D eigenvalue weighted by Gasteiger charge is 2.35. The number of carbonyl (C=O) groups excluding carboxylic acids is 1. The van der Waals surface area contributed by atoms with Crippen molar-refractivity contribution in [3.63, 3.8) is 0 Å². The van der Waals surface area contributed by atoms with E-state index in [1.54, 1.807) is 0 Å². The first-order valence-corrected chi connectivity index (χ1v) is 11.1.